The normalized spacial score (nSPS) is 13.4. The van der Waals surface area contributed by atoms with E-state index in [0.717, 1.165) is 53.1 Å². The Morgan fingerprint density at radius 1 is 0.627 bits per heavy atom. The number of aromatic nitrogens is 1. The number of fused-ring (bicyclic) bond motifs is 1. The van der Waals surface area contributed by atoms with E-state index >= 15 is 0 Å². The Morgan fingerprint density at radius 3 is 2.00 bits per heavy atom. The van der Waals surface area contributed by atoms with E-state index in [-0.39, 0.29) is 6.17 Å². The predicted molar refractivity (Wildman–Crippen MR) is 193 cm³/mol. The Morgan fingerprint density at radius 2 is 1.31 bits per heavy atom. The van der Waals surface area contributed by atoms with Crippen LogP contribution in [0.1, 0.15) is 30.1 Å². The van der Waals surface area contributed by atoms with Gasteiger partial charge in [0.1, 0.15) is 17.6 Å². The highest BCUT2D eigenvalue weighted by Gasteiger charge is 2.21. The first-order valence-electron chi connectivity index (χ1n) is 16.5. The smallest absolute Gasteiger partial charge is 0.203 e. The molecule has 268 valence electrons. The number of nitrogens with zero attached hydrogens (tertiary/aromatic N) is 1. The molecule has 1 aromatic heterocycles. The van der Waals surface area contributed by atoms with E-state index in [2.05, 4.69) is 15.8 Å². The number of hydrogen-bond donors (Lipinski definition) is 2. The molecule has 0 aliphatic carbocycles. The zero-order valence-corrected chi connectivity index (χ0v) is 29.7. The number of nitrogens with one attached hydrogen (secondary N) is 2. The minimum atomic E-state index is -0.0606. The fourth-order valence-electron chi connectivity index (χ4n) is 5.87. The van der Waals surface area contributed by atoms with Crippen LogP contribution in [0.5, 0.6) is 46.0 Å². The van der Waals surface area contributed by atoms with Gasteiger partial charge < -0.3 is 47.7 Å². The summed E-state index contributed by atoms with van der Waals surface area (Å²) < 4.78 is 51.0. The molecule has 6 rings (SSSR count). The van der Waals surface area contributed by atoms with Crippen LogP contribution in [0, 0.1) is 0 Å². The van der Waals surface area contributed by atoms with Crippen LogP contribution in [0.25, 0.3) is 22.6 Å². The summed E-state index contributed by atoms with van der Waals surface area (Å²) in [5.74, 6) is 5.52. The van der Waals surface area contributed by atoms with Crippen LogP contribution in [0.3, 0.4) is 0 Å². The SMILES string of the molecule is COc1ccc2c(c1)CNC(c1ccc(OCCCCOc3cc(-c4cc(-c5cc(OC)c(OC)c(OC)c5)on4)ccc3OC)c(OC)c1)N2. The first-order chi connectivity index (χ1) is 25.0. The number of benzene rings is 4. The van der Waals surface area contributed by atoms with Gasteiger partial charge in [0.25, 0.3) is 0 Å². The van der Waals surface area contributed by atoms with E-state index in [1.807, 2.05) is 72.8 Å². The molecule has 12 heteroatoms. The van der Waals surface area contributed by atoms with E-state index in [0.29, 0.717) is 64.9 Å². The van der Waals surface area contributed by atoms with E-state index in [9.17, 15) is 0 Å². The maximum absolute atomic E-state index is 6.15. The maximum Gasteiger partial charge on any atom is 0.203 e. The molecule has 5 aromatic rings. The molecule has 1 aliphatic rings. The third-order valence-electron chi connectivity index (χ3n) is 8.60. The van der Waals surface area contributed by atoms with Crippen molar-refractivity contribution >= 4 is 5.69 Å². The number of rotatable bonds is 16. The van der Waals surface area contributed by atoms with Crippen LogP contribution in [0.4, 0.5) is 5.69 Å². The molecular weight excluding hydrogens is 654 g/mol. The van der Waals surface area contributed by atoms with Crippen molar-refractivity contribution < 1.29 is 42.4 Å². The zero-order valence-electron chi connectivity index (χ0n) is 29.7. The van der Waals surface area contributed by atoms with Crippen LogP contribution in [-0.4, -0.2) is 61.0 Å². The Balaban J connectivity index is 1.03. The number of methoxy groups -OCH3 is 6. The second-order valence-corrected chi connectivity index (χ2v) is 11.7. The molecule has 0 saturated carbocycles. The quantitative estimate of drug-likeness (QED) is 0.0992. The standard InChI is InChI=1S/C39H43N3O9/c1-43-28-11-12-29-27(17-28)23-40-39(41-29)25-10-14-32(34(19-25)45-3)49-15-7-8-16-50-35-18-24(9-13-31(35)44-2)30-22-33(51-42-30)26-20-36(46-4)38(48-6)37(21-26)47-5/h9-14,17-22,39-41H,7-8,15-16,23H2,1-6H3. The van der Waals surface area contributed by atoms with E-state index in [4.69, 9.17) is 42.4 Å². The van der Waals surface area contributed by atoms with Gasteiger partial charge in [-0.2, -0.15) is 0 Å². The lowest BCUT2D eigenvalue weighted by atomic mass is 10.1. The number of hydrogen-bond acceptors (Lipinski definition) is 12. The van der Waals surface area contributed by atoms with Crippen molar-refractivity contribution in [1.82, 2.24) is 10.5 Å². The Kier molecular flexibility index (Phi) is 11.2. The monoisotopic (exact) mass is 697 g/mol. The highest BCUT2D eigenvalue weighted by molar-refractivity contribution is 5.72. The number of anilines is 1. The summed E-state index contributed by atoms with van der Waals surface area (Å²) in [5, 5.41) is 11.4. The molecule has 0 spiro atoms. The summed E-state index contributed by atoms with van der Waals surface area (Å²) in [5.41, 5.74) is 5.47. The lowest BCUT2D eigenvalue weighted by Gasteiger charge is -2.29. The molecule has 51 heavy (non-hydrogen) atoms. The molecule has 1 atom stereocenters. The summed E-state index contributed by atoms with van der Waals surface area (Å²) in [7, 11) is 9.64. The molecular formula is C39H43N3O9. The van der Waals surface area contributed by atoms with Crippen molar-refractivity contribution in [3.05, 3.63) is 83.9 Å². The van der Waals surface area contributed by atoms with Crippen molar-refractivity contribution in [3.8, 4) is 68.6 Å². The first-order valence-corrected chi connectivity index (χ1v) is 16.5. The summed E-state index contributed by atoms with van der Waals surface area (Å²) in [6.45, 7) is 1.70. The molecule has 1 aliphatic heterocycles. The van der Waals surface area contributed by atoms with Gasteiger partial charge in [0.05, 0.1) is 55.9 Å². The van der Waals surface area contributed by atoms with Gasteiger partial charge in [-0.15, -0.1) is 0 Å². The molecule has 12 nitrogen and oxygen atoms in total. The number of unbranched alkanes of at least 4 members (excludes halogenated alkanes) is 1. The molecule has 0 saturated heterocycles. The molecule has 2 heterocycles. The average molecular weight is 698 g/mol. The van der Waals surface area contributed by atoms with Gasteiger partial charge in [0.15, 0.2) is 40.3 Å². The van der Waals surface area contributed by atoms with Crippen LogP contribution in [0.2, 0.25) is 0 Å². The Hall–Kier alpha value is -5.75. The fraction of sp³-hybridized carbons (Fsp3) is 0.308. The Bertz CT molecular complexity index is 1920. The number of ether oxygens (including phenoxy) is 8. The minimum absolute atomic E-state index is 0.0606. The summed E-state index contributed by atoms with van der Waals surface area (Å²) in [4.78, 5) is 0. The lowest BCUT2D eigenvalue weighted by molar-refractivity contribution is 0.252. The average Bonchev–Trinajstić information content (AvgIpc) is 3.68. The second-order valence-electron chi connectivity index (χ2n) is 11.7. The summed E-state index contributed by atoms with van der Waals surface area (Å²) in [6.07, 6.45) is 1.48. The summed E-state index contributed by atoms with van der Waals surface area (Å²) in [6, 6.07) is 23.2. The summed E-state index contributed by atoms with van der Waals surface area (Å²) >= 11 is 0. The van der Waals surface area contributed by atoms with Gasteiger partial charge in [-0.3, -0.25) is 5.32 Å². The third-order valence-corrected chi connectivity index (χ3v) is 8.60. The van der Waals surface area contributed by atoms with Crippen molar-refractivity contribution in [2.75, 3.05) is 61.2 Å². The van der Waals surface area contributed by atoms with Gasteiger partial charge in [-0.1, -0.05) is 11.2 Å². The highest BCUT2D eigenvalue weighted by Crippen LogP contribution is 2.42. The van der Waals surface area contributed by atoms with Crippen LogP contribution in [0.15, 0.2) is 77.3 Å². The highest BCUT2D eigenvalue weighted by atomic mass is 16.5. The molecule has 0 bridgehead atoms. The van der Waals surface area contributed by atoms with E-state index < -0.39 is 0 Å². The first kappa shape index (κ1) is 35.1. The minimum Gasteiger partial charge on any atom is -0.497 e. The lowest BCUT2D eigenvalue weighted by Crippen LogP contribution is -2.32. The molecule has 0 amide bonds. The van der Waals surface area contributed by atoms with Crippen molar-refractivity contribution in [2.24, 2.45) is 0 Å². The van der Waals surface area contributed by atoms with Crippen LogP contribution < -0.4 is 48.5 Å². The van der Waals surface area contributed by atoms with Gasteiger partial charge in [0, 0.05) is 29.4 Å². The zero-order chi connectivity index (χ0) is 35.7. The van der Waals surface area contributed by atoms with E-state index in [1.165, 1.54) is 0 Å². The van der Waals surface area contributed by atoms with E-state index in [1.54, 1.807) is 42.7 Å². The van der Waals surface area contributed by atoms with Crippen molar-refractivity contribution in [3.63, 3.8) is 0 Å². The molecule has 4 aromatic carbocycles. The molecule has 2 N–H and O–H groups in total. The largest absolute Gasteiger partial charge is 0.497 e. The van der Waals surface area contributed by atoms with Gasteiger partial charge in [-0.25, -0.2) is 0 Å². The van der Waals surface area contributed by atoms with Crippen LogP contribution in [-0.2, 0) is 6.54 Å². The van der Waals surface area contributed by atoms with Gasteiger partial charge in [0.2, 0.25) is 5.75 Å². The molecule has 1 unspecified atom stereocenters. The van der Waals surface area contributed by atoms with Gasteiger partial charge in [-0.05, 0) is 84.6 Å². The van der Waals surface area contributed by atoms with Gasteiger partial charge >= 0.3 is 0 Å². The second kappa shape index (κ2) is 16.3. The maximum atomic E-state index is 6.15. The van der Waals surface area contributed by atoms with Crippen molar-refractivity contribution in [2.45, 2.75) is 25.6 Å². The molecule has 0 radical (unpaired) electrons. The van der Waals surface area contributed by atoms with Crippen molar-refractivity contribution in [1.29, 1.82) is 0 Å². The predicted octanol–water partition coefficient (Wildman–Crippen LogP) is 7.51. The Labute approximate surface area is 297 Å². The topological polar surface area (TPSA) is 124 Å². The fourth-order valence-corrected chi connectivity index (χ4v) is 5.87. The third kappa shape index (κ3) is 7.86. The molecule has 0 fully saturated rings. The van der Waals surface area contributed by atoms with Crippen LogP contribution >= 0.6 is 0 Å².